The van der Waals surface area contributed by atoms with Crippen molar-refractivity contribution in [2.45, 2.75) is 22.6 Å². The highest BCUT2D eigenvalue weighted by Crippen LogP contribution is 2.38. The Labute approximate surface area is 97.0 Å². The quantitative estimate of drug-likeness (QED) is 0.655. The van der Waals surface area contributed by atoms with Crippen molar-refractivity contribution >= 4 is 11.8 Å². The fourth-order valence-electron chi connectivity index (χ4n) is 1.07. The second-order valence-electron chi connectivity index (χ2n) is 3.14. The van der Waals surface area contributed by atoms with Gasteiger partial charge in [0.1, 0.15) is 6.04 Å². The van der Waals surface area contributed by atoms with E-state index in [-0.39, 0.29) is 10.5 Å². The molecule has 0 saturated carbocycles. The minimum Gasteiger partial charge on any atom is -0.316 e. The molecule has 8 heteroatoms. The predicted octanol–water partition coefficient (Wildman–Crippen LogP) is 3.86. The van der Waals surface area contributed by atoms with Gasteiger partial charge in [0.15, 0.2) is 0 Å². The van der Waals surface area contributed by atoms with Crippen LogP contribution in [0.3, 0.4) is 0 Å². The fraction of sp³-hybridized carbons (Fsp3) is 0.333. The van der Waals surface area contributed by atoms with Gasteiger partial charge in [-0.05, 0) is 29.5 Å². The Bertz CT molecular complexity index is 369. The molecular formula is C9H7F6NS. The number of hydrogen-bond acceptors (Lipinski definition) is 2. The lowest BCUT2D eigenvalue weighted by Crippen LogP contribution is -2.28. The second-order valence-corrected chi connectivity index (χ2v) is 4.27. The van der Waals surface area contributed by atoms with E-state index in [2.05, 4.69) is 0 Å². The predicted molar refractivity (Wildman–Crippen MR) is 51.3 cm³/mol. The third-order valence-electron chi connectivity index (χ3n) is 1.83. The van der Waals surface area contributed by atoms with Crippen molar-refractivity contribution in [3.63, 3.8) is 0 Å². The van der Waals surface area contributed by atoms with Crippen LogP contribution in [0, 0.1) is 0 Å². The lowest BCUT2D eigenvalue weighted by molar-refractivity contribution is -0.149. The van der Waals surface area contributed by atoms with Gasteiger partial charge >= 0.3 is 11.7 Å². The standard InChI is InChI=1S/C9H7F6NS/c10-8(11,12)7(16)5-1-3-6(4-2-5)17-9(13,14)15/h1-4,7H,16H2. The number of hydrogen-bond donors (Lipinski definition) is 1. The van der Waals surface area contributed by atoms with Crippen molar-refractivity contribution in [1.82, 2.24) is 0 Å². The summed E-state index contributed by atoms with van der Waals surface area (Å²) >= 11 is -0.393. The number of alkyl halides is 6. The van der Waals surface area contributed by atoms with E-state index in [1.165, 1.54) is 0 Å². The molecule has 1 nitrogen and oxygen atoms in total. The number of benzene rings is 1. The molecule has 0 spiro atoms. The summed E-state index contributed by atoms with van der Waals surface area (Å²) in [5.74, 6) is 0. The zero-order valence-electron chi connectivity index (χ0n) is 8.14. The SMILES string of the molecule is NC(c1ccc(SC(F)(F)F)cc1)C(F)(F)F. The molecule has 0 aliphatic heterocycles. The van der Waals surface area contributed by atoms with Crippen LogP contribution < -0.4 is 5.73 Å². The molecule has 0 saturated heterocycles. The molecule has 1 rings (SSSR count). The zero-order valence-corrected chi connectivity index (χ0v) is 8.96. The smallest absolute Gasteiger partial charge is 0.316 e. The zero-order chi connectivity index (χ0) is 13.3. The highest BCUT2D eigenvalue weighted by Gasteiger charge is 2.37. The number of rotatable bonds is 2. The van der Waals surface area contributed by atoms with E-state index in [0.29, 0.717) is 0 Å². The van der Waals surface area contributed by atoms with Gasteiger partial charge in [-0.3, -0.25) is 0 Å². The summed E-state index contributed by atoms with van der Waals surface area (Å²) in [6.45, 7) is 0. The summed E-state index contributed by atoms with van der Waals surface area (Å²) in [5, 5.41) is 0. The topological polar surface area (TPSA) is 26.0 Å². The van der Waals surface area contributed by atoms with Crippen LogP contribution in [0.5, 0.6) is 0 Å². The molecule has 1 atom stereocenters. The Morgan fingerprint density at radius 3 is 1.76 bits per heavy atom. The molecule has 2 N–H and O–H groups in total. The minimum absolute atomic E-state index is 0.185. The largest absolute Gasteiger partial charge is 0.446 e. The summed E-state index contributed by atoms with van der Waals surface area (Å²) in [4.78, 5) is -0.185. The summed E-state index contributed by atoms with van der Waals surface area (Å²) in [7, 11) is 0. The molecule has 1 aromatic carbocycles. The maximum absolute atomic E-state index is 12.2. The number of halogens is 6. The van der Waals surface area contributed by atoms with Gasteiger partial charge in [-0.1, -0.05) is 12.1 Å². The van der Waals surface area contributed by atoms with E-state index in [9.17, 15) is 26.3 Å². The van der Waals surface area contributed by atoms with E-state index in [4.69, 9.17) is 5.73 Å². The third-order valence-corrected chi connectivity index (χ3v) is 2.56. The highest BCUT2D eigenvalue weighted by atomic mass is 32.2. The van der Waals surface area contributed by atoms with Crippen LogP contribution >= 0.6 is 11.8 Å². The first-order chi connectivity index (χ1) is 7.59. The van der Waals surface area contributed by atoms with Crippen LogP contribution in [0.25, 0.3) is 0 Å². The molecule has 1 unspecified atom stereocenters. The van der Waals surface area contributed by atoms with Gasteiger partial charge < -0.3 is 5.73 Å². The van der Waals surface area contributed by atoms with Crippen molar-refractivity contribution in [2.24, 2.45) is 5.73 Å². The molecular weight excluding hydrogens is 268 g/mol. The van der Waals surface area contributed by atoms with E-state index >= 15 is 0 Å². The lowest BCUT2D eigenvalue weighted by atomic mass is 10.1. The van der Waals surface area contributed by atoms with Crippen LogP contribution in [0.2, 0.25) is 0 Å². The maximum atomic E-state index is 12.2. The first-order valence-electron chi connectivity index (χ1n) is 4.27. The van der Waals surface area contributed by atoms with Crippen LogP contribution in [0.15, 0.2) is 29.2 Å². The van der Waals surface area contributed by atoms with Crippen LogP contribution in [-0.4, -0.2) is 11.7 Å². The van der Waals surface area contributed by atoms with Crippen LogP contribution in [0.1, 0.15) is 11.6 Å². The minimum atomic E-state index is -4.61. The monoisotopic (exact) mass is 275 g/mol. The Balaban J connectivity index is 2.82. The average molecular weight is 275 g/mol. The normalized spacial score (nSPS) is 14.8. The number of nitrogens with two attached hydrogens (primary N) is 1. The Hall–Kier alpha value is -0.890. The Morgan fingerprint density at radius 2 is 1.41 bits per heavy atom. The van der Waals surface area contributed by atoms with E-state index in [1.54, 1.807) is 0 Å². The van der Waals surface area contributed by atoms with E-state index < -0.39 is 29.5 Å². The molecule has 1 aromatic rings. The van der Waals surface area contributed by atoms with Gasteiger partial charge in [0.25, 0.3) is 0 Å². The van der Waals surface area contributed by atoms with Crippen molar-refractivity contribution < 1.29 is 26.3 Å². The van der Waals surface area contributed by atoms with E-state index in [1.807, 2.05) is 0 Å². The van der Waals surface area contributed by atoms with Gasteiger partial charge in [-0.25, -0.2) is 0 Å². The highest BCUT2D eigenvalue weighted by molar-refractivity contribution is 8.00. The Kier molecular flexibility index (Phi) is 3.98. The molecule has 0 bridgehead atoms. The van der Waals surface area contributed by atoms with Gasteiger partial charge in [-0.2, -0.15) is 26.3 Å². The molecule has 0 radical (unpaired) electrons. The van der Waals surface area contributed by atoms with Gasteiger partial charge in [0, 0.05) is 4.90 Å². The lowest BCUT2D eigenvalue weighted by Gasteiger charge is -2.16. The molecule has 17 heavy (non-hydrogen) atoms. The fourth-order valence-corrected chi connectivity index (χ4v) is 1.61. The van der Waals surface area contributed by atoms with Crippen molar-refractivity contribution in [3.05, 3.63) is 29.8 Å². The van der Waals surface area contributed by atoms with Gasteiger partial charge in [0.05, 0.1) is 0 Å². The molecule has 0 heterocycles. The number of thioether (sulfide) groups is 1. The van der Waals surface area contributed by atoms with Crippen molar-refractivity contribution in [1.29, 1.82) is 0 Å². The molecule has 0 aliphatic carbocycles. The summed E-state index contributed by atoms with van der Waals surface area (Å²) in [6.07, 6.45) is -4.61. The summed E-state index contributed by atoms with van der Waals surface area (Å²) < 4.78 is 72.4. The summed E-state index contributed by atoms with van der Waals surface area (Å²) in [6, 6.07) is 1.60. The van der Waals surface area contributed by atoms with Crippen molar-refractivity contribution in [3.8, 4) is 0 Å². The summed E-state index contributed by atoms with van der Waals surface area (Å²) in [5.41, 5.74) is 0.157. The molecule has 0 fully saturated rings. The second kappa shape index (κ2) is 4.77. The van der Waals surface area contributed by atoms with Gasteiger partial charge in [0.2, 0.25) is 0 Å². The van der Waals surface area contributed by atoms with Crippen LogP contribution in [-0.2, 0) is 0 Å². The molecule has 0 amide bonds. The first-order valence-corrected chi connectivity index (χ1v) is 5.09. The first kappa shape index (κ1) is 14.2. The third kappa shape index (κ3) is 4.47. The van der Waals surface area contributed by atoms with Gasteiger partial charge in [-0.15, -0.1) is 0 Å². The molecule has 0 aromatic heterocycles. The molecule has 96 valence electrons. The van der Waals surface area contributed by atoms with Crippen molar-refractivity contribution in [2.75, 3.05) is 0 Å². The average Bonchev–Trinajstić information content (AvgIpc) is 2.14. The van der Waals surface area contributed by atoms with E-state index in [0.717, 1.165) is 24.3 Å². The van der Waals surface area contributed by atoms with Crippen LogP contribution in [0.4, 0.5) is 26.3 Å². The molecule has 0 aliphatic rings. The maximum Gasteiger partial charge on any atom is 0.446 e. The Morgan fingerprint density at radius 1 is 0.941 bits per heavy atom.